The molecule has 1 N–H and O–H groups in total. The minimum atomic E-state index is 0.517. The molecular weight excluding hydrogens is 198 g/mol. The summed E-state index contributed by atoms with van der Waals surface area (Å²) in [5.74, 6) is 0.849. The second kappa shape index (κ2) is 7.29. The highest BCUT2D eigenvalue weighted by Gasteiger charge is 2.33. The highest BCUT2D eigenvalue weighted by atomic mass is 16.5. The van der Waals surface area contributed by atoms with E-state index >= 15 is 0 Å². The second-order valence-electron chi connectivity index (χ2n) is 5.51. The van der Waals surface area contributed by atoms with E-state index in [0.717, 1.165) is 25.7 Å². The molecule has 0 spiro atoms. The minimum absolute atomic E-state index is 0.517. The van der Waals surface area contributed by atoms with Gasteiger partial charge in [0.05, 0.1) is 0 Å². The standard InChI is InChI=1S/C14H29NO/c1-4-8-15-12-14(11-13(3)5-2)6-9-16-10-7-14/h13,15H,4-12H2,1-3H3. The summed E-state index contributed by atoms with van der Waals surface area (Å²) in [6, 6.07) is 0. The fourth-order valence-electron chi connectivity index (χ4n) is 2.67. The summed E-state index contributed by atoms with van der Waals surface area (Å²) in [7, 11) is 0. The Kier molecular flexibility index (Phi) is 6.37. The van der Waals surface area contributed by atoms with E-state index in [1.807, 2.05) is 0 Å². The van der Waals surface area contributed by atoms with E-state index in [2.05, 4.69) is 26.1 Å². The molecule has 0 aromatic carbocycles. The fraction of sp³-hybridized carbons (Fsp3) is 1.00. The summed E-state index contributed by atoms with van der Waals surface area (Å²) < 4.78 is 5.52. The van der Waals surface area contributed by atoms with E-state index < -0.39 is 0 Å². The van der Waals surface area contributed by atoms with Gasteiger partial charge in [0.25, 0.3) is 0 Å². The zero-order chi connectivity index (χ0) is 11.9. The summed E-state index contributed by atoms with van der Waals surface area (Å²) in [6.07, 6.45) is 6.39. The van der Waals surface area contributed by atoms with Gasteiger partial charge in [-0.15, -0.1) is 0 Å². The number of ether oxygens (including phenoxy) is 1. The van der Waals surface area contributed by atoms with Gasteiger partial charge in [0.15, 0.2) is 0 Å². The fourth-order valence-corrected chi connectivity index (χ4v) is 2.67. The lowest BCUT2D eigenvalue weighted by Crippen LogP contribution is -2.40. The maximum atomic E-state index is 5.52. The molecule has 2 nitrogen and oxygen atoms in total. The van der Waals surface area contributed by atoms with E-state index in [0.29, 0.717) is 5.41 Å². The number of rotatable bonds is 7. The predicted octanol–water partition coefficient (Wildman–Crippen LogP) is 3.22. The van der Waals surface area contributed by atoms with Gasteiger partial charge in [0.1, 0.15) is 0 Å². The molecule has 0 radical (unpaired) electrons. The van der Waals surface area contributed by atoms with Gasteiger partial charge in [-0.25, -0.2) is 0 Å². The molecular formula is C14H29NO. The lowest BCUT2D eigenvalue weighted by atomic mass is 9.73. The van der Waals surface area contributed by atoms with Gasteiger partial charge in [0.2, 0.25) is 0 Å². The average Bonchev–Trinajstić information content (AvgIpc) is 2.30. The summed E-state index contributed by atoms with van der Waals surface area (Å²) in [4.78, 5) is 0. The smallest absolute Gasteiger partial charge is 0.0471 e. The van der Waals surface area contributed by atoms with Gasteiger partial charge in [-0.3, -0.25) is 0 Å². The molecule has 0 saturated carbocycles. The van der Waals surface area contributed by atoms with E-state index in [-0.39, 0.29) is 0 Å². The molecule has 2 heteroatoms. The average molecular weight is 227 g/mol. The Morgan fingerprint density at radius 3 is 2.50 bits per heavy atom. The molecule has 0 amide bonds. The third-order valence-electron chi connectivity index (χ3n) is 3.96. The molecule has 1 heterocycles. The largest absolute Gasteiger partial charge is 0.381 e. The van der Waals surface area contributed by atoms with Crippen LogP contribution < -0.4 is 5.32 Å². The maximum Gasteiger partial charge on any atom is 0.0471 e. The van der Waals surface area contributed by atoms with E-state index in [9.17, 15) is 0 Å². The maximum absolute atomic E-state index is 5.52. The van der Waals surface area contributed by atoms with Crippen LogP contribution in [0.15, 0.2) is 0 Å². The summed E-state index contributed by atoms with van der Waals surface area (Å²) in [5, 5.41) is 3.62. The summed E-state index contributed by atoms with van der Waals surface area (Å²) in [6.45, 7) is 11.2. The highest BCUT2D eigenvalue weighted by Crippen LogP contribution is 2.37. The lowest BCUT2D eigenvalue weighted by molar-refractivity contribution is 0.00308. The molecule has 1 aliphatic rings. The van der Waals surface area contributed by atoms with Crippen molar-refractivity contribution in [2.75, 3.05) is 26.3 Å². The third-order valence-corrected chi connectivity index (χ3v) is 3.96. The first-order valence-electron chi connectivity index (χ1n) is 7.01. The quantitative estimate of drug-likeness (QED) is 0.674. The van der Waals surface area contributed by atoms with Crippen LogP contribution in [0, 0.1) is 11.3 Å². The van der Waals surface area contributed by atoms with Crippen molar-refractivity contribution in [1.82, 2.24) is 5.32 Å². The molecule has 96 valence electrons. The van der Waals surface area contributed by atoms with Crippen molar-refractivity contribution in [3.63, 3.8) is 0 Å². The summed E-state index contributed by atoms with van der Waals surface area (Å²) in [5.41, 5.74) is 0.517. The third kappa shape index (κ3) is 4.42. The predicted molar refractivity (Wildman–Crippen MR) is 69.7 cm³/mol. The minimum Gasteiger partial charge on any atom is -0.381 e. The van der Waals surface area contributed by atoms with Crippen molar-refractivity contribution >= 4 is 0 Å². The second-order valence-corrected chi connectivity index (χ2v) is 5.51. The normalized spacial score (nSPS) is 21.9. The van der Waals surface area contributed by atoms with Gasteiger partial charge in [0, 0.05) is 19.8 Å². The van der Waals surface area contributed by atoms with Crippen LogP contribution in [-0.4, -0.2) is 26.3 Å². The molecule has 1 atom stereocenters. The molecule has 1 saturated heterocycles. The Hall–Kier alpha value is -0.0800. The Labute approximate surface area is 101 Å². The van der Waals surface area contributed by atoms with Crippen molar-refractivity contribution in [3.8, 4) is 0 Å². The molecule has 1 unspecified atom stereocenters. The number of nitrogens with one attached hydrogen (secondary N) is 1. The topological polar surface area (TPSA) is 21.3 Å². The van der Waals surface area contributed by atoms with Gasteiger partial charge in [-0.1, -0.05) is 27.2 Å². The van der Waals surface area contributed by atoms with Gasteiger partial charge < -0.3 is 10.1 Å². The zero-order valence-corrected chi connectivity index (χ0v) is 11.3. The molecule has 1 rings (SSSR count). The van der Waals surface area contributed by atoms with Crippen molar-refractivity contribution in [3.05, 3.63) is 0 Å². The van der Waals surface area contributed by atoms with Crippen molar-refractivity contribution in [2.24, 2.45) is 11.3 Å². The van der Waals surface area contributed by atoms with E-state index in [1.54, 1.807) is 0 Å². The number of hydrogen-bond acceptors (Lipinski definition) is 2. The Bertz CT molecular complexity index is 176. The lowest BCUT2D eigenvalue weighted by Gasteiger charge is -2.39. The highest BCUT2D eigenvalue weighted by molar-refractivity contribution is 4.85. The Morgan fingerprint density at radius 2 is 1.94 bits per heavy atom. The van der Waals surface area contributed by atoms with Gasteiger partial charge in [-0.05, 0) is 43.6 Å². The van der Waals surface area contributed by atoms with Crippen molar-refractivity contribution < 1.29 is 4.74 Å². The van der Waals surface area contributed by atoms with Crippen LogP contribution in [0.25, 0.3) is 0 Å². The van der Waals surface area contributed by atoms with E-state index in [4.69, 9.17) is 4.74 Å². The first-order valence-corrected chi connectivity index (χ1v) is 7.01. The molecule has 0 bridgehead atoms. The molecule has 0 aromatic heterocycles. The molecule has 1 fully saturated rings. The monoisotopic (exact) mass is 227 g/mol. The van der Waals surface area contributed by atoms with Crippen molar-refractivity contribution in [1.29, 1.82) is 0 Å². The van der Waals surface area contributed by atoms with Gasteiger partial charge in [-0.2, -0.15) is 0 Å². The molecule has 0 aliphatic carbocycles. The van der Waals surface area contributed by atoms with Gasteiger partial charge >= 0.3 is 0 Å². The first-order chi connectivity index (χ1) is 7.72. The Morgan fingerprint density at radius 1 is 1.25 bits per heavy atom. The van der Waals surface area contributed by atoms with Crippen LogP contribution in [-0.2, 0) is 4.74 Å². The van der Waals surface area contributed by atoms with Crippen LogP contribution in [0.2, 0.25) is 0 Å². The molecule has 16 heavy (non-hydrogen) atoms. The van der Waals surface area contributed by atoms with Crippen LogP contribution in [0.3, 0.4) is 0 Å². The van der Waals surface area contributed by atoms with Crippen LogP contribution >= 0.6 is 0 Å². The first kappa shape index (κ1) is 14.0. The summed E-state index contributed by atoms with van der Waals surface area (Å²) >= 11 is 0. The van der Waals surface area contributed by atoms with Crippen LogP contribution in [0.4, 0.5) is 0 Å². The SMILES string of the molecule is CCCNCC1(CC(C)CC)CCOCC1. The molecule has 0 aromatic rings. The van der Waals surface area contributed by atoms with Crippen LogP contribution in [0.5, 0.6) is 0 Å². The zero-order valence-electron chi connectivity index (χ0n) is 11.3. The van der Waals surface area contributed by atoms with Crippen molar-refractivity contribution in [2.45, 2.75) is 52.9 Å². The Balaban J connectivity index is 2.45. The van der Waals surface area contributed by atoms with E-state index in [1.165, 1.54) is 38.6 Å². The van der Waals surface area contributed by atoms with Crippen LogP contribution in [0.1, 0.15) is 52.9 Å². The molecule has 1 aliphatic heterocycles. The number of hydrogen-bond donors (Lipinski definition) is 1.